The fraction of sp³-hybridized carbons (Fsp3) is 0.533. The first-order chi connectivity index (χ1) is 9.40. The first-order valence-corrected chi connectivity index (χ1v) is 6.79. The number of likely N-dealkylation sites (N-methyl/N-ethyl adjacent to an activating group) is 1. The number of carboxylic acids is 1. The van der Waals surface area contributed by atoms with Crippen molar-refractivity contribution in [2.24, 2.45) is 0 Å². The maximum atomic E-state index is 11.9. The Morgan fingerprint density at radius 2 is 2.10 bits per heavy atom. The predicted molar refractivity (Wildman–Crippen MR) is 76.4 cm³/mol. The summed E-state index contributed by atoms with van der Waals surface area (Å²) in [5.41, 5.74) is 2.11. The van der Waals surface area contributed by atoms with Crippen LogP contribution in [0.2, 0.25) is 0 Å². The highest BCUT2D eigenvalue weighted by Gasteiger charge is 2.16. The smallest absolute Gasteiger partial charge is 0.303 e. The molecule has 0 aliphatic heterocycles. The number of aryl methyl sites for hydroxylation is 1. The number of aliphatic carboxylic acids is 1. The van der Waals surface area contributed by atoms with Gasteiger partial charge in [-0.25, -0.2) is 0 Å². The Bertz CT molecular complexity index is 474. The van der Waals surface area contributed by atoms with Crippen molar-refractivity contribution in [1.29, 1.82) is 0 Å². The van der Waals surface area contributed by atoms with Crippen LogP contribution in [0, 0.1) is 6.92 Å². The minimum atomic E-state index is -0.863. The number of carboxylic acid groups (broad SMARTS) is 1. The normalized spacial score (nSPS) is 11.9. The Hall–Kier alpha value is -1.91. The third-order valence-corrected chi connectivity index (χ3v) is 3.31. The predicted octanol–water partition coefficient (Wildman–Crippen LogP) is 2.03. The van der Waals surface area contributed by atoms with Gasteiger partial charge in [0.05, 0.1) is 0 Å². The fourth-order valence-corrected chi connectivity index (χ4v) is 1.96. The minimum Gasteiger partial charge on any atom is -0.481 e. The third-order valence-electron chi connectivity index (χ3n) is 3.31. The molecule has 1 N–H and O–H groups in total. The second kappa shape index (κ2) is 7.62. The molecule has 0 aliphatic carbocycles. The SMILES string of the molecule is Cc1ccnc(C[C@@H](C)N(C)C(=O)CCCC(=O)O)c1. The summed E-state index contributed by atoms with van der Waals surface area (Å²) in [5.74, 6) is -0.885. The van der Waals surface area contributed by atoms with Gasteiger partial charge in [-0.05, 0) is 38.0 Å². The molecule has 1 rings (SSSR count). The molecule has 0 bridgehead atoms. The number of carbonyl (C=O) groups is 2. The van der Waals surface area contributed by atoms with Gasteiger partial charge in [-0.2, -0.15) is 0 Å². The van der Waals surface area contributed by atoms with Crippen molar-refractivity contribution < 1.29 is 14.7 Å². The molecule has 0 spiro atoms. The molecule has 0 saturated heterocycles. The lowest BCUT2D eigenvalue weighted by Gasteiger charge is -2.25. The average molecular weight is 278 g/mol. The fourth-order valence-electron chi connectivity index (χ4n) is 1.96. The molecule has 1 aromatic rings. The molecule has 5 heteroatoms. The maximum absolute atomic E-state index is 11.9. The number of hydrogen-bond donors (Lipinski definition) is 1. The number of rotatable bonds is 7. The van der Waals surface area contributed by atoms with Crippen LogP contribution in [0.3, 0.4) is 0 Å². The van der Waals surface area contributed by atoms with Gasteiger partial charge in [0.15, 0.2) is 0 Å². The highest BCUT2D eigenvalue weighted by Crippen LogP contribution is 2.09. The number of carbonyl (C=O) groups excluding carboxylic acids is 1. The van der Waals surface area contributed by atoms with E-state index in [0.29, 0.717) is 12.8 Å². The lowest BCUT2D eigenvalue weighted by molar-refractivity contribution is -0.137. The van der Waals surface area contributed by atoms with Crippen LogP contribution in [-0.2, 0) is 16.0 Å². The van der Waals surface area contributed by atoms with E-state index in [0.717, 1.165) is 11.3 Å². The highest BCUT2D eigenvalue weighted by molar-refractivity contribution is 5.77. The van der Waals surface area contributed by atoms with Crippen LogP contribution in [0.15, 0.2) is 18.3 Å². The number of pyridine rings is 1. The summed E-state index contributed by atoms with van der Waals surface area (Å²) in [6.45, 7) is 3.98. The molecule has 0 aliphatic rings. The van der Waals surface area contributed by atoms with Crippen molar-refractivity contribution in [3.05, 3.63) is 29.6 Å². The van der Waals surface area contributed by atoms with Crippen LogP contribution in [0.1, 0.15) is 37.4 Å². The summed E-state index contributed by atoms with van der Waals surface area (Å²) in [6.07, 6.45) is 3.16. The highest BCUT2D eigenvalue weighted by atomic mass is 16.4. The van der Waals surface area contributed by atoms with Gasteiger partial charge < -0.3 is 10.0 Å². The molecule has 0 aromatic carbocycles. The van der Waals surface area contributed by atoms with E-state index >= 15 is 0 Å². The first-order valence-electron chi connectivity index (χ1n) is 6.79. The van der Waals surface area contributed by atoms with E-state index in [-0.39, 0.29) is 24.8 Å². The van der Waals surface area contributed by atoms with E-state index in [2.05, 4.69) is 4.98 Å². The van der Waals surface area contributed by atoms with Crippen molar-refractivity contribution in [2.45, 2.75) is 45.6 Å². The summed E-state index contributed by atoms with van der Waals surface area (Å²) < 4.78 is 0. The molecule has 5 nitrogen and oxygen atoms in total. The maximum Gasteiger partial charge on any atom is 0.303 e. The number of amides is 1. The average Bonchev–Trinajstić information content (AvgIpc) is 2.37. The first kappa shape index (κ1) is 16.1. The van der Waals surface area contributed by atoms with Gasteiger partial charge >= 0.3 is 5.97 Å². The van der Waals surface area contributed by atoms with Crippen LogP contribution >= 0.6 is 0 Å². The van der Waals surface area contributed by atoms with Gasteiger partial charge in [-0.1, -0.05) is 0 Å². The summed E-state index contributed by atoms with van der Waals surface area (Å²) in [4.78, 5) is 28.3. The van der Waals surface area contributed by atoms with Gasteiger partial charge in [-0.15, -0.1) is 0 Å². The topological polar surface area (TPSA) is 70.5 Å². The van der Waals surface area contributed by atoms with E-state index in [1.807, 2.05) is 26.0 Å². The van der Waals surface area contributed by atoms with E-state index in [9.17, 15) is 9.59 Å². The van der Waals surface area contributed by atoms with Crippen molar-refractivity contribution in [3.63, 3.8) is 0 Å². The zero-order valence-electron chi connectivity index (χ0n) is 12.3. The molecular formula is C15H22N2O3. The lowest BCUT2D eigenvalue weighted by atomic mass is 10.1. The molecule has 1 amide bonds. The lowest BCUT2D eigenvalue weighted by Crippen LogP contribution is -2.36. The second-order valence-corrected chi connectivity index (χ2v) is 5.13. The van der Waals surface area contributed by atoms with Gasteiger partial charge in [0.1, 0.15) is 0 Å². The minimum absolute atomic E-state index is 0.0218. The molecule has 1 aromatic heterocycles. The molecule has 0 saturated carbocycles. The quantitative estimate of drug-likeness (QED) is 0.828. The second-order valence-electron chi connectivity index (χ2n) is 5.13. The molecule has 0 unspecified atom stereocenters. The van der Waals surface area contributed by atoms with Crippen LogP contribution < -0.4 is 0 Å². The molecule has 20 heavy (non-hydrogen) atoms. The van der Waals surface area contributed by atoms with E-state index in [1.54, 1.807) is 18.1 Å². The van der Waals surface area contributed by atoms with E-state index in [4.69, 9.17) is 5.11 Å². The molecule has 1 heterocycles. The van der Waals surface area contributed by atoms with Gasteiger partial charge in [0.25, 0.3) is 0 Å². The zero-order valence-corrected chi connectivity index (χ0v) is 12.3. The van der Waals surface area contributed by atoms with Crippen LogP contribution in [0.4, 0.5) is 0 Å². The number of aromatic nitrogens is 1. The Morgan fingerprint density at radius 3 is 2.70 bits per heavy atom. The molecule has 1 atom stereocenters. The largest absolute Gasteiger partial charge is 0.481 e. The van der Waals surface area contributed by atoms with Crippen LogP contribution in [0.5, 0.6) is 0 Å². The Kier molecular flexibility index (Phi) is 6.15. The van der Waals surface area contributed by atoms with Crippen molar-refractivity contribution in [2.75, 3.05) is 7.05 Å². The summed E-state index contributed by atoms with van der Waals surface area (Å²) in [7, 11) is 1.75. The monoisotopic (exact) mass is 278 g/mol. The van der Waals surface area contributed by atoms with Crippen LogP contribution in [0.25, 0.3) is 0 Å². The summed E-state index contributed by atoms with van der Waals surface area (Å²) in [6, 6.07) is 4.00. The van der Waals surface area contributed by atoms with E-state index in [1.165, 1.54) is 0 Å². The molecule has 0 radical (unpaired) electrons. The Morgan fingerprint density at radius 1 is 1.40 bits per heavy atom. The van der Waals surface area contributed by atoms with Crippen molar-refractivity contribution >= 4 is 11.9 Å². The molecule has 0 fully saturated rings. The van der Waals surface area contributed by atoms with Gasteiger partial charge in [0.2, 0.25) is 5.91 Å². The Balaban J connectivity index is 2.47. The van der Waals surface area contributed by atoms with Crippen LogP contribution in [-0.4, -0.2) is 40.0 Å². The van der Waals surface area contributed by atoms with Gasteiger partial charge in [0, 0.05) is 44.2 Å². The Labute approximate surface area is 119 Å². The van der Waals surface area contributed by atoms with Gasteiger partial charge in [-0.3, -0.25) is 14.6 Å². The molecular weight excluding hydrogens is 256 g/mol. The third kappa shape index (κ3) is 5.38. The standard InChI is InChI=1S/C15H22N2O3/c1-11-7-8-16-13(9-11)10-12(2)17(3)14(18)5-4-6-15(19)20/h7-9,12H,4-6,10H2,1-3H3,(H,19,20)/t12-/m1/s1. The summed E-state index contributed by atoms with van der Waals surface area (Å²) >= 11 is 0. The van der Waals surface area contributed by atoms with Crippen molar-refractivity contribution in [1.82, 2.24) is 9.88 Å². The molecule has 110 valence electrons. The number of nitrogens with zero attached hydrogens (tertiary/aromatic N) is 2. The zero-order chi connectivity index (χ0) is 15.1. The number of hydrogen-bond acceptors (Lipinski definition) is 3. The van der Waals surface area contributed by atoms with Crippen molar-refractivity contribution in [3.8, 4) is 0 Å². The van der Waals surface area contributed by atoms with E-state index < -0.39 is 5.97 Å². The summed E-state index contributed by atoms with van der Waals surface area (Å²) in [5, 5.41) is 8.56.